The Morgan fingerprint density at radius 3 is 2.33 bits per heavy atom. The molecule has 8 heteroatoms. The number of oxazole rings is 1. The van der Waals surface area contributed by atoms with Crippen molar-refractivity contribution < 1.29 is 18.8 Å². The third-order valence-corrected chi connectivity index (χ3v) is 4.14. The van der Waals surface area contributed by atoms with E-state index in [4.69, 9.17) is 13.9 Å². The molecule has 3 rings (SSSR count). The maximum absolute atomic E-state index is 11.4. The fourth-order valence-corrected chi connectivity index (χ4v) is 2.78. The average Bonchev–Trinajstić information content (AvgIpc) is 3.16. The number of nitro groups is 1. The van der Waals surface area contributed by atoms with Crippen molar-refractivity contribution in [2.45, 2.75) is 0 Å². The first-order valence-electron chi connectivity index (χ1n) is 8.08. The van der Waals surface area contributed by atoms with Gasteiger partial charge in [0, 0.05) is 37.0 Å². The molecule has 2 aromatic carbocycles. The molecule has 0 amide bonds. The maximum Gasteiger partial charge on any atom is 0.315 e. The molecule has 1 aromatic heterocycles. The van der Waals surface area contributed by atoms with Gasteiger partial charge in [-0.2, -0.15) is 0 Å². The van der Waals surface area contributed by atoms with Gasteiger partial charge in [-0.15, -0.1) is 0 Å². The number of aromatic nitrogens is 1. The highest BCUT2D eigenvalue weighted by molar-refractivity contribution is 5.80. The zero-order chi connectivity index (χ0) is 19.6. The highest BCUT2D eigenvalue weighted by atomic mass is 16.6. The number of methoxy groups -OCH3 is 2. The highest BCUT2D eigenvalue weighted by Crippen LogP contribution is 2.42. The molecule has 0 saturated carbocycles. The van der Waals surface area contributed by atoms with Gasteiger partial charge in [-0.05, 0) is 30.3 Å². The van der Waals surface area contributed by atoms with Crippen molar-refractivity contribution in [1.82, 2.24) is 4.98 Å². The monoisotopic (exact) mass is 369 g/mol. The average molecular weight is 369 g/mol. The van der Waals surface area contributed by atoms with Gasteiger partial charge in [0.2, 0.25) is 5.75 Å². The molecule has 0 aliphatic carbocycles. The van der Waals surface area contributed by atoms with Crippen LogP contribution in [0.1, 0.15) is 0 Å². The third-order valence-electron chi connectivity index (χ3n) is 4.14. The van der Waals surface area contributed by atoms with Crippen molar-refractivity contribution in [2.75, 3.05) is 33.2 Å². The summed E-state index contributed by atoms with van der Waals surface area (Å²) in [5.41, 5.74) is 2.63. The summed E-state index contributed by atoms with van der Waals surface area (Å²) in [6.07, 6.45) is 1.31. The molecule has 0 aliphatic heterocycles. The molecule has 0 N–H and O–H groups in total. The number of anilines is 1. The van der Waals surface area contributed by atoms with Gasteiger partial charge in [-0.1, -0.05) is 0 Å². The van der Waals surface area contributed by atoms with Gasteiger partial charge in [0.25, 0.3) is 0 Å². The largest absolute Gasteiger partial charge is 0.493 e. The lowest BCUT2D eigenvalue weighted by molar-refractivity contribution is -0.385. The van der Waals surface area contributed by atoms with Crippen LogP contribution in [0.5, 0.6) is 11.5 Å². The Balaban J connectivity index is 2.12. The Hall–Kier alpha value is -3.55. The lowest BCUT2D eigenvalue weighted by Crippen LogP contribution is -2.07. The number of nitrogens with zero attached hydrogens (tertiary/aromatic N) is 3. The molecule has 3 aromatic rings. The molecule has 0 bridgehead atoms. The molecule has 0 aliphatic rings. The summed E-state index contributed by atoms with van der Waals surface area (Å²) < 4.78 is 16.0. The van der Waals surface area contributed by atoms with Crippen molar-refractivity contribution in [1.29, 1.82) is 0 Å². The number of nitro benzene ring substituents is 1. The van der Waals surface area contributed by atoms with Crippen LogP contribution < -0.4 is 14.4 Å². The van der Waals surface area contributed by atoms with Crippen molar-refractivity contribution in [2.24, 2.45) is 0 Å². The summed E-state index contributed by atoms with van der Waals surface area (Å²) in [4.78, 5) is 17.2. The van der Waals surface area contributed by atoms with E-state index < -0.39 is 4.92 Å². The summed E-state index contributed by atoms with van der Waals surface area (Å²) >= 11 is 0. The molecule has 0 radical (unpaired) electrons. The van der Waals surface area contributed by atoms with Gasteiger partial charge in [-0.3, -0.25) is 10.1 Å². The summed E-state index contributed by atoms with van der Waals surface area (Å²) in [6, 6.07) is 10.8. The molecule has 1 heterocycles. The Kier molecular flexibility index (Phi) is 4.98. The number of rotatable bonds is 6. The van der Waals surface area contributed by atoms with E-state index in [1.54, 1.807) is 6.07 Å². The van der Waals surface area contributed by atoms with Crippen molar-refractivity contribution in [3.05, 3.63) is 52.9 Å². The molecule has 27 heavy (non-hydrogen) atoms. The van der Waals surface area contributed by atoms with E-state index in [0.29, 0.717) is 17.0 Å². The highest BCUT2D eigenvalue weighted by Gasteiger charge is 2.24. The molecular weight excluding hydrogens is 350 g/mol. The van der Waals surface area contributed by atoms with Gasteiger partial charge in [0.1, 0.15) is 5.69 Å². The second kappa shape index (κ2) is 7.36. The van der Waals surface area contributed by atoms with Crippen LogP contribution in [0.4, 0.5) is 11.4 Å². The Morgan fingerprint density at radius 2 is 1.78 bits per heavy atom. The minimum Gasteiger partial charge on any atom is -0.493 e. The van der Waals surface area contributed by atoms with Crippen LogP contribution in [0.15, 0.2) is 47.2 Å². The normalized spacial score (nSPS) is 10.5. The summed E-state index contributed by atoms with van der Waals surface area (Å²) in [5, 5.41) is 11.4. The van der Waals surface area contributed by atoms with Crippen LogP contribution in [0.3, 0.4) is 0 Å². The number of hydrogen-bond donors (Lipinski definition) is 0. The number of ether oxygens (including phenoxy) is 2. The molecule has 0 saturated heterocycles. The predicted molar refractivity (Wildman–Crippen MR) is 101 cm³/mol. The van der Waals surface area contributed by atoms with E-state index in [1.807, 2.05) is 43.3 Å². The molecule has 0 atom stereocenters. The molecular formula is C19H19N3O5. The Morgan fingerprint density at radius 1 is 1.07 bits per heavy atom. The van der Waals surface area contributed by atoms with E-state index >= 15 is 0 Å². The van der Waals surface area contributed by atoms with Crippen LogP contribution in [0.25, 0.3) is 22.6 Å². The van der Waals surface area contributed by atoms with Gasteiger partial charge >= 0.3 is 5.69 Å². The Bertz CT molecular complexity index is 964. The van der Waals surface area contributed by atoms with E-state index in [0.717, 1.165) is 11.3 Å². The quantitative estimate of drug-likeness (QED) is 0.479. The fourth-order valence-electron chi connectivity index (χ4n) is 2.78. The second-order valence-corrected chi connectivity index (χ2v) is 5.96. The van der Waals surface area contributed by atoms with Crippen molar-refractivity contribution >= 4 is 11.4 Å². The van der Waals surface area contributed by atoms with E-state index in [2.05, 4.69) is 4.98 Å². The summed E-state index contributed by atoms with van der Waals surface area (Å²) in [5.74, 6) is 0.826. The minimum atomic E-state index is -0.517. The summed E-state index contributed by atoms with van der Waals surface area (Å²) in [6.45, 7) is 0. The maximum atomic E-state index is 11.4. The van der Waals surface area contributed by atoms with Gasteiger partial charge in [0.05, 0.1) is 19.1 Å². The zero-order valence-corrected chi connectivity index (χ0v) is 15.4. The van der Waals surface area contributed by atoms with Gasteiger partial charge < -0.3 is 18.8 Å². The van der Waals surface area contributed by atoms with E-state index in [1.165, 1.54) is 26.7 Å². The molecule has 140 valence electrons. The molecule has 0 fully saturated rings. The SMILES string of the molecule is COc1cc(-c2ncoc2-c2ccc(N(C)C)cc2)cc([N+](=O)[O-])c1OC. The van der Waals surface area contributed by atoms with Gasteiger partial charge in [-0.25, -0.2) is 4.98 Å². The zero-order valence-electron chi connectivity index (χ0n) is 15.4. The predicted octanol–water partition coefficient (Wildman–Crippen LogP) is 4.00. The second-order valence-electron chi connectivity index (χ2n) is 5.96. The molecule has 0 spiro atoms. The fraction of sp³-hybridized carbons (Fsp3) is 0.211. The Labute approximate surface area is 156 Å². The standard InChI is InChI=1S/C19H19N3O5/c1-21(2)14-7-5-12(6-8-14)18-17(20-11-27-18)13-9-15(22(23)24)19(26-4)16(10-13)25-3/h5-11H,1-4H3. The van der Waals surface area contributed by atoms with E-state index in [9.17, 15) is 10.1 Å². The van der Waals surface area contributed by atoms with Crippen LogP contribution >= 0.6 is 0 Å². The van der Waals surface area contributed by atoms with E-state index in [-0.39, 0.29) is 17.2 Å². The smallest absolute Gasteiger partial charge is 0.315 e. The third kappa shape index (κ3) is 3.41. The van der Waals surface area contributed by atoms with Crippen molar-refractivity contribution in [3.63, 3.8) is 0 Å². The van der Waals surface area contributed by atoms with Crippen LogP contribution in [-0.4, -0.2) is 38.2 Å². The lowest BCUT2D eigenvalue weighted by atomic mass is 10.0. The number of hydrogen-bond acceptors (Lipinski definition) is 7. The van der Waals surface area contributed by atoms with Crippen LogP contribution in [-0.2, 0) is 0 Å². The summed E-state index contributed by atoms with van der Waals surface area (Å²) in [7, 11) is 6.70. The molecule has 0 unspecified atom stereocenters. The minimum absolute atomic E-state index is 0.0617. The first kappa shape index (κ1) is 18.2. The van der Waals surface area contributed by atoms with Gasteiger partial charge in [0.15, 0.2) is 17.9 Å². The lowest BCUT2D eigenvalue weighted by Gasteiger charge is -2.12. The van der Waals surface area contributed by atoms with Crippen molar-refractivity contribution in [3.8, 4) is 34.1 Å². The van der Waals surface area contributed by atoms with Crippen LogP contribution in [0, 0.1) is 10.1 Å². The first-order chi connectivity index (χ1) is 13.0. The molecule has 8 nitrogen and oxygen atoms in total. The van der Waals surface area contributed by atoms with Crippen LogP contribution in [0.2, 0.25) is 0 Å². The first-order valence-corrected chi connectivity index (χ1v) is 8.08. The topological polar surface area (TPSA) is 90.9 Å². The number of benzene rings is 2.